The van der Waals surface area contributed by atoms with Gasteiger partial charge in [-0.2, -0.15) is 8.62 Å². The number of phosphoric ester groups is 1. The first-order valence-electron chi connectivity index (χ1n) is 13.6. The van der Waals surface area contributed by atoms with Gasteiger partial charge in [-0.05, 0) is 25.2 Å². The number of rotatable bonds is 14. The molecule has 3 heterocycles. The first-order valence-corrected chi connectivity index (χ1v) is 18.1. The van der Waals surface area contributed by atoms with E-state index in [1.165, 1.54) is 36.9 Å². The molecule has 1 aromatic carbocycles. The van der Waals surface area contributed by atoms with Crippen LogP contribution < -0.4 is 5.32 Å². The Kier molecular flexibility index (Phi) is 13.3. The van der Waals surface area contributed by atoms with Crippen LogP contribution in [0.15, 0.2) is 43.0 Å². The summed E-state index contributed by atoms with van der Waals surface area (Å²) in [6.45, 7) is 9.60. The Morgan fingerprint density at radius 3 is 2.13 bits per heavy atom. The average molecular weight is 699 g/mol. The van der Waals surface area contributed by atoms with Gasteiger partial charge in [0.05, 0.1) is 12.9 Å². The second-order valence-corrected chi connectivity index (χ2v) is 13.9. The number of nitrogens with one attached hydrogen (secondary N) is 1. The fourth-order valence-electron chi connectivity index (χ4n) is 4.19. The number of hydrogen-bond donors (Lipinski definition) is 7. The highest BCUT2D eigenvalue weighted by molar-refractivity contribution is 7.66. The van der Waals surface area contributed by atoms with Crippen LogP contribution in [0, 0.1) is 0 Å². The Morgan fingerprint density at radius 1 is 0.911 bits per heavy atom. The van der Waals surface area contributed by atoms with Crippen LogP contribution in [0.5, 0.6) is 0 Å². The lowest BCUT2D eigenvalue weighted by Crippen LogP contribution is -2.33. The van der Waals surface area contributed by atoms with Crippen molar-refractivity contribution in [2.45, 2.75) is 51.9 Å². The van der Waals surface area contributed by atoms with Gasteiger partial charge in [-0.25, -0.2) is 28.6 Å². The number of aromatic nitrogens is 4. The number of anilines is 1. The summed E-state index contributed by atoms with van der Waals surface area (Å²) in [4.78, 5) is 50.9. The van der Waals surface area contributed by atoms with Gasteiger partial charge >= 0.3 is 23.5 Å². The molecule has 7 N–H and O–H groups in total. The largest absolute Gasteiger partial charge is 0.490 e. The van der Waals surface area contributed by atoms with Crippen LogP contribution in [0.25, 0.3) is 11.2 Å². The fraction of sp³-hybridized carbons (Fsp3) is 0.522. The molecule has 45 heavy (non-hydrogen) atoms. The number of hydrogen-bond acceptors (Lipinski definition) is 14. The molecule has 19 nitrogen and oxygen atoms in total. The summed E-state index contributed by atoms with van der Waals surface area (Å²) in [5.41, 5.74) is 1.53. The van der Waals surface area contributed by atoms with E-state index in [4.69, 9.17) is 14.5 Å². The van der Waals surface area contributed by atoms with Crippen molar-refractivity contribution in [3.63, 3.8) is 0 Å². The third-order valence-electron chi connectivity index (χ3n) is 6.43. The molecule has 6 atom stereocenters. The van der Waals surface area contributed by atoms with Gasteiger partial charge in [0.25, 0.3) is 0 Å². The van der Waals surface area contributed by atoms with Gasteiger partial charge in [-0.1, -0.05) is 51.1 Å². The lowest BCUT2D eigenvalue weighted by atomic mass is 10.1. The molecular formula is C23H37N6O13P3. The SMILES string of the molecule is CCN(CC)CC.O=P(O)(O)OP(=O)(O)OP(=O)(O)OCC1OC(n2cnc3c(NCc4ccccc4)ncnc32)C(O)C1O. The highest BCUT2D eigenvalue weighted by Crippen LogP contribution is 2.66. The minimum atomic E-state index is -5.72. The Balaban J connectivity index is 0.000000707. The molecule has 6 unspecified atom stereocenters. The first-order chi connectivity index (χ1) is 21.1. The van der Waals surface area contributed by atoms with Crippen LogP contribution >= 0.6 is 23.5 Å². The molecule has 1 saturated heterocycles. The maximum Gasteiger partial charge on any atom is 0.490 e. The molecule has 22 heteroatoms. The molecular weight excluding hydrogens is 661 g/mol. The number of aliphatic hydroxyl groups is 2. The van der Waals surface area contributed by atoms with Gasteiger partial charge in [-0.3, -0.25) is 9.09 Å². The van der Waals surface area contributed by atoms with Crippen LogP contribution in [-0.4, -0.2) is 98.8 Å². The van der Waals surface area contributed by atoms with Crippen LogP contribution in [0.2, 0.25) is 0 Å². The number of aliphatic hydroxyl groups excluding tert-OH is 2. The van der Waals surface area contributed by atoms with Crippen LogP contribution in [0.1, 0.15) is 32.6 Å². The van der Waals surface area contributed by atoms with Gasteiger partial charge in [0, 0.05) is 6.54 Å². The smallest absolute Gasteiger partial charge is 0.387 e. The number of nitrogens with zero attached hydrogens (tertiary/aromatic N) is 5. The summed E-state index contributed by atoms with van der Waals surface area (Å²) in [5.74, 6) is 0.384. The Hall–Kier alpha value is -2.18. The molecule has 0 saturated carbocycles. The maximum atomic E-state index is 12.0. The molecule has 0 spiro atoms. The summed E-state index contributed by atoms with van der Waals surface area (Å²) in [5, 5.41) is 24.0. The Bertz CT molecular complexity index is 1520. The molecule has 0 bridgehead atoms. The van der Waals surface area contributed by atoms with Crippen molar-refractivity contribution in [3.8, 4) is 0 Å². The van der Waals surface area contributed by atoms with Gasteiger partial charge in [0.2, 0.25) is 0 Å². The van der Waals surface area contributed by atoms with Crippen molar-refractivity contribution in [1.29, 1.82) is 0 Å². The lowest BCUT2D eigenvalue weighted by Gasteiger charge is -2.19. The van der Waals surface area contributed by atoms with E-state index in [0.29, 0.717) is 17.9 Å². The Labute approximate surface area is 258 Å². The van der Waals surface area contributed by atoms with Crippen LogP contribution in [0.3, 0.4) is 0 Å². The van der Waals surface area contributed by atoms with Gasteiger partial charge < -0.3 is 44.7 Å². The quantitative estimate of drug-likeness (QED) is 0.118. The van der Waals surface area contributed by atoms with Gasteiger partial charge in [-0.15, -0.1) is 0 Å². The molecule has 1 aliphatic heterocycles. The molecule has 252 valence electrons. The monoisotopic (exact) mass is 698 g/mol. The maximum absolute atomic E-state index is 12.0. The molecule has 0 radical (unpaired) electrons. The normalized spacial score (nSPS) is 22.9. The number of imidazole rings is 1. The fourth-order valence-corrected chi connectivity index (χ4v) is 7.22. The van der Waals surface area contributed by atoms with E-state index in [-0.39, 0.29) is 5.65 Å². The summed E-state index contributed by atoms with van der Waals surface area (Å²) in [6, 6.07) is 9.47. The Morgan fingerprint density at radius 2 is 1.56 bits per heavy atom. The average Bonchev–Trinajstić information content (AvgIpc) is 3.51. The van der Waals surface area contributed by atoms with Crippen molar-refractivity contribution in [3.05, 3.63) is 48.5 Å². The summed E-state index contributed by atoms with van der Waals surface area (Å²) < 4.78 is 52.7. The number of fused-ring (bicyclic) bond motifs is 1. The standard InChI is InChI=1S/C17H22N5O13P3.C6H15N/c23-13-11(7-32-37(28,29)35-38(30,31)34-36(25,26)27)33-17(14(13)24)22-9-21-12-15(19-8-20-16(12)22)18-6-10-4-2-1-3-5-10;1-4-7(5-2)6-3/h1-5,8-9,11,13-14,17,23-24H,6-7H2,(H,28,29)(H,30,31)(H,18,19,20)(H2,25,26,27);4-6H2,1-3H3. The molecule has 1 aliphatic rings. The highest BCUT2D eigenvalue weighted by Gasteiger charge is 2.47. The first kappa shape index (κ1) is 37.3. The molecule has 0 aliphatic carbocycles. The van der Waals surface area contributed by atoms with E-state index in [9.17, 15) is 33.7 Å². The number of benzene rings is 1. The summed E-state index contributed by atoms with van der Waals surface area (Å²) in [6.07, 6.45) is -3.51. The van der Waals surface area contributed by atoms with Crippen LogP contribution in [-0.2, 0) is 38.1 Å². The molecule has 3 aromatic rings. The number of phosphoric acid groups is 3. The third kappa shape index (κ3) is 10.9. The minimum absolute atomic E-state index is 0.223. The predicted octanol–water partition coefficient (Wildman–Crippen LogP) is 1.75. The molecule has 1 fully saturated rings. The van der Waals surface area contributed by atoms with E-state index in [1.807, 2.05) is 30.3 Å². The molecule has 4 rings (SSSR count). The predicted molar refractivity (Wildman–Crippen MR) is 158 cm³/mol. The van der Waals surface area contributed by atoms with E-state index >= 15 is 0 Å². The molecule has 0 amide bonds. The zero-order valence-electron chi connectivity index (χ0n) is 24.5. The zero-order chi connectivity index (χ0) is 33.4. The number of ether oxygens (including phenoxy) is 1. The third-order valence-corrected chi connectivity index (χ3v) is 10.2. The van der Waals surface area contributed by atoms with Crippen molar-refractivity contribution in [2.75, 3.05) is 31.6 Å². The second-order valence-electron chi connectivity index (χ2n) is 9.44. The van der Waals surface area contributed by atoms with E-state index in [1.54, 1.807) is 0 Å². The summed E-state index contributed by atoms with van der Waals surface area (Å²) >= 11 is 0. The minimum Gasteiger partial charge on any atom is -0.387 e. The van der Waals surface area contributed by atoms with Crippen LogP contribution in [0.4, 0.5) is 5.82 Å². The van der Waals surface area contributed by atoms with Crippen molar-refractivity contribution in [2.24, 2.45) is 0 Å². The van der Waals surface area contributed by atoms with E-state index in [0.717, 1.165) is 5.56 Å². The second kappa shape index (κ2) is 16.1. The highest BCUT2D eigenvalue weighted by atomic mass is 31.3. The van der Waals surface area contributed by atoms with Gasteiger partial charge in [0.1, 0.15) is 24.6 Å². The van der Waals surface area contributed by atoms with Gasteiger partial charge in [0.15, 0.2) is 23.2 Å². The lowest BCUT2D eigenvalue weighted by molar-refractivity contribution is -0.0503. The zero-order valence-corrected chi connectivity index (χ0v) is 27.2. The van der Waals surface area contributed by atoms with E-state index < -0.39 is 54.6 Å². The van der Waals surface area contributed by atoms with Crippen molar-refractivity contribution < 1.29 is 61.4 Å². The molecule has 2 aromatic heterocycles. The van der Waals surface area contributed by atoms with Crippen molar-refractivity contribution in [1.82, 2.24) is 24.4 Å². The topological polar surface area (TPSA) is 268 Å². The summed E-state index contributed by atoms with van der Waals surface area (Å²) in [7, 11) is -16.7. The van der Waals surface area contributed by atoms with E-state index in [2.05, 4.69) is 59.1 Å². The van der Waals surface area contributed by atoms with Crippen molar-refractivity contribution >= 4 is 40.4 Å².